The Morgan fingerprint density at radius 2 is 1.89 bits per heavy atom. The summed E-state index contributed by atoms with van der Waals surface area (Å²) in [5.74, 6) is 0.873. The first-order valence-electron chi connectivity index (χ1n) is 9.15. The number of nitrogens with zero attached hydrogens (tertiary/aromatic N) is 1. The number of hydrogen-bond acceptors (Lipinski definition) is 5. The first kappa shape index (κ1) is 19.0. The number of ether oxygens (including phenoxy) is 1. The number of rotatable bonds is 7. The van der Waals surface area contributed by atoms with Gasteiger partial charge in [0.15, 0.2) is 0 Å². The molecule has 0 aliphatic rings. The van der Waals surface area contributed by atoms with Gasteiger partial charge < -0.3 is 19.2 Å². The summed E-state index contributed by atoms with van der Waals surface area (Å²) in [4.78, 5) is 14.7. The molecule has 1 N–H and O–H groups in total. The zero-order valence-corrected chi connectivity index (χ0v) is 16.0. The van der Waals surface area contributed by atoms with Crippen LogP contribution in [0.15, 0.2) is 51.7 Å². The largest absolute Gasteiger partial charge is 0.507 e. The summed E-state index contributed by atoms with van der Waals surface area (Å²) in [5.41, 5.74) is 1.92. The number of fused-ring (bicyclic) bond motifs is 1. The van der Waals surface area contributed by atoms with E-state index < -0.39 is 5.63 Å². The molecule has 0 aliphatic carbocycles. The van der Waals surface area contributed by atoms with E-state index in [9.17, 15) is 9.90 Å². The molecule has 142 valence electrons. The van der Waals surface area contributed by atoms with Gasteiger partial charge in [0.2, 0.25) is 0 Å². The molecule has 0 bridgehead atoms. The Hall–Kier alpha value is -2.79. The molecule has 2 aromatic carbocycles. The second kappa shape index (κ2) is 8.27. The number of aromatic hydroxyl groups is 1. The Balaban J connectivity index is 2.03. The maximum absolute atomic E-state index is 12.6. The third-order valence-corrected chi connectivity index (χ3v) is 4.70. The van der Waals surface area contributed by atoms with E-state index in [-0.39, 0.29) is 5.75 Å². The second-order valence-corrected chi connectivity index (χ2v) is 6.75. The van der Waals surface area contributed by atoms with Gasteiger partial charge in [-0.1, -0.05) is 25.5 Å². The summed E-state index contributed by atoms with van der Waals surface area (Å²) in [7, 11) is 3.60. The van der Waals surface area contributed by atoms with Gasteiger partial charge in [0.1, 0.15) is 17.1 Å². The molecule has 5 nitrogen and oxygen atoms in total. The van der Waals surface area contributed by atoms with Gasteiger partial charge in [-0.2, -0.15) is 0 Å². The quantitative estimate of drug-likeness (QED) is 0.627. The normalized spacial score (nSPS) is 11.3. The van der Waals surface area contributed by atoms with E-state index >= 15 is 0 Å². The van der Waals surface area contributed by atoms with E-state index in [2.05, 4.69) is 11.8 Å². The molecule has 5 heteroatoms. The van der Waals surface area contributed by atoms with Gasteiger partial charge in [-0.3, -0.25) is 0 Å². The number of methoxy groups -OCH3 is 1. The zero-order valence-electron chi connectivity index (χ0n) is 16.0. The molecule has 0 aliphatic heterocycles. The highest BCUT2D eigenvalue weighted by molar-refractivity contribution is 5.85. The number of hydrogen-bond donors (Lipinski definition) is 1. The van der Waals surface area contributed by atoms with Crippen molar-refractivity contribution in [1.82, 2.24) is 4.90 Å². The lowest BCUT2D eigenvalue weighted by Crippen LogP contribution is -2.19. The van der Waals surface area contributed by atoms with Crippen LogP contribution in [0, 0.1) is 0 Å². The highest BCUT2D eigenvalue weighted by Gasteiger charge is 2.15. The van der Waals surface area contributed by atoms with Gasteiger partial charge in [0, 0.05) is 11.9 Å². The maximum atomic E-state index is 12.6. The molecule has 0 atom stereocenters. The second-order valence-electron chi connectivity index (χ2n) is 6.75. The topological polar surface area (TPSA) is 62.9 Å². The van der Waals surface area contributed by atoms with E-state index in [4.69, 9.17) is 9.15 Å². The van der Waals surface area contributed by atoms with Crippen molar-refractivity contribution in [2.75, 3.05) is 20.7 Å². The summed E-state index contributed by atoms with van der Waals surface area (Å²) >= 11 is 0. The van der Waals surface area contributed by atoms with Gasteiger partial charge in [0.25, 0.3) is 0 Å². The van der Waals surface area contributed by atoms with Crippen molar-refractivity contribution in [3.63, 3.8) is 0 Å². The van der Waals surface area contributed by atoms with Crippen LogP contribution in [0.25, 0.3) is 22.1 Å². The molecule has 0 spiro atoms. The fourth-order valence-corrected chi connectivity index (χ4v) is 3.13. The minimum Gasteiger partial charge on any atom is -0.507 e. The van der Waals surface area contributed by atoms with Crippen LogP contribution in [0.4, 0.5) is 0 Å². The lowest BCUT2D eigenvalue weighted by Gasteiger charge is -2.18. The summed E-state index contributed by atoms with van der Waals surface area (Å²) in [5, 5.41) is 11.1. The minimum atomic E-state index is -0.421. The van der Waals surface area contributed by atoms with Crippen molar-refractivity contribution in [2.45, 2.75) is 26.3 Å². The molecule has 3 rings (SSSR count). The third-order valence-electron chi connectivity index (χ3n) is 4.70. The summed E-state index contributed by atoms with van der Waals surface area (Å²) in [6, 6.07) is 12.5. The van der Waals surface area contributed by atoms with Crippen LogP contribution in [0.1, 0.15) is 25.3 Å². The lowest BCUT2D eigenvalue weighted by atomic mass is 10.0. The minimum absolute atomic E-state index is 0.145. The van der Waals surface area contributed by atoms with Crippen LogP contribution < -0.4 is 10.4 Å². The molecular weight excluding hydrogens is 342 g/mol. The molecule has 0 unspecified atom stereocenters. The average Bonchev–Trinajstić information content (AvgIpc) is 2.68. The van der Waals surface area contributed by atoms with Crippen LogP contribution in [0.2, 0.25) is 0 Å². The van der Waals surface area contributed by atoms with Crippen molar-refractivity contribution in [1.29, 1.82) is 0 Å². The van der Waals surface area contributed by atoms with Gasteiger partial charge in [-0.05, 0) is 55.9 Å². The molecule has 1 aromatic heterocycles. The van der Waals surface area contributed by atoms with Crippen molar-refractivity contribution in [3.8, 4) is 22.6 Å². The number of benzene rings is 2. The number of unbranched alkanes of at least 4 members (excludes halogenated alkanes) is 1. The van der Waals surface area contributed by atoms with Gasteiger partial charge in [0.05, 0.1) is 18.2 Å². The fraction of sp³-hybridized carbons (Fsp3) is 0.318. The number of phenols is 1. The van der Waals surface area contributed by atoms with Crippen molar-refractivity contribution >= 4 is 11.0 Å². The Bertz CT molecular complexity index is 976. The predicted octanol–water partition coefficient (Wildman–Crippen LogP) is 4.41. The summed E-state index contributed by atoms with van der Waals surface area (Å²) < 4.78 is 10.8. The Labute approximate surface area is 158 Å². The van der Waals surface area contributed by atoms with Crippen LogP contribution in [0.3, 0.4) is 0 Å². The van der Waals surface area contributed by atoms with E-state index in [0.717, 1.165) is 36.1 Å². The summed E-state index contributed by atoms with van der Waals surface area (Å²) in [6.45, 7) is 3.58. The van der Waals surface area contributed by atoms with Crippen molar-refractivity contribution in [2.24, 2.45) is 0 Å². The third kappa shape index (κ3) is 4.14. The first-order chi connectivity index (χ1) is 13.0. The summed E-state index contributed by atoms with van der Waals surface area (Å²) in [6.07, 6.45) is 2.18. The molecule has 0 amide bonds. The van der Waals surface area contributed by atoms with Crippen LogP contribution >= 0.6 is 0 Å². The molecule has 0 saturated carbocycles. The highest BCUT2D eigenvalue weighted by atomic mass is 16.5. The molecule has 0 saturated heterocycles. The molecule has 0 radical (unpaired) electrons. The van der Waals surface area contributed by atoms with Crippen molar-refractivity contribution < 1.29 is 14.3 Å². The lowest BCUT2D eigenvalue weighted by molar-refractivity contribution is 0.314. The monoisotopic (exact) mass is 367 g/mol. The SMILES string of the molecule is CCCCN(C)Cc1c(O)ccc2cc(-c3ccc(OC)cc3)c(=O)oc12. The smallest absolute Gasteiger partial charge is 0.344 e. The van der Waals surface area contributed by atoms with Crippen LogP contribution in [0.5, 0.6) is 11.5 Å². The molecule has 1 heterocycles. The Kier molecular flexibility index (Phi) is 5.81. The first-order valence-corrected chi connectivity index (χ1v) is 9.15. The van der Waals surface area contributed by atoms with Crippen LogP contribution in [-0.2, 0) is 6.54 Å². The van der Waals surface area contributed by atoms with E-state index in [1.807, 2.05) is 37.4 Å². The average molecular weight is 367 g/mol. The fourth-order valence-electron chi connectivity index (χ4n) is 3.13. The molecule has 0 fully saturated rings. The van der Waals surface area contributed by atoms with Gasteiger partial charge in [-0.25, -0.2) is 4.79 Å². The highest BCUT2D eigenvalue weighted by Crippen LogP contribution is 2.30. The van der Waals surface area contributed by atoms with E-state index in [1.54, 1.807) is 19.2 Å². The van der Waals surface area contributed by atoms with Crippen LogP contribution in [-0.4, -0.2) is 30.7 Å². The maximum Gasteiger partial charge on any atom is 0.344 e. The van der Waals surface area contributed by atoms with Gasteiger partial charge in [-0.15, -0.1) is 0 Å². The van der Waals surface area contributed by atoms with Gasteiger partial charge >= 0.3 is 5.63 Å². The zero-order chi connectivity index (χ0) is 19.4. The Morgan fingerprint density at radius 3 is 2.56 bits per heavy atom. The predicted molar refractivity (Wildman–Crippen MR) is 107 cm³/mol. The number of phenolic OH excluding ortho intramolecular Hbond substituents is 1. The standard InChI is InChI=1S/C22H25NO4/c1-4-5-12-23(2)14-19-20(24)11-8-16-13-18(22(25)27-21(16)19)15-6-9-17(26-3)10-7-15/h6-11,13,24H,4-5,12,14H2,1-3H3. The molecule has 3 aromatic rings. The molecular formula is C22H25NO4. The van der Waals surface area contributed by atoms with Crippen molar-refractivity contribution in [3.05, 3.63) is 58.4 Å². The molecule has 27 heavy (non-hydrogen) atoms. The Morgan fingerprint density at radius 1 is 1.15 bits per heavy atom. The van der Waals surface area contributed by atoms with E-state index in [0.29, 0.717) is 23.3 Å². The van der Waals surface area contributed by atoms with E-state index in [1.165, 1.54) is 0 Å².